The minimum absolute atomic E-state index is 0.0365. The van der Waals surface area contributed by atoms with Gasteiger partial charge in [0.15, 0.2) is 0 Å². The maximum atomic E-state index is 11.9. The molecule has 18 heavy (non-hydrogen) atoms. The fraction of sp³-hybridized carbons (Fsp3) is 0.571. The Morgan fingerprint density at radius 3 is 2.44 bits per heavy atom. The molecule has 2 atom stereocenters. The van der Waals surface area contributed by atoms with Crippen LogP contribution in [0.25, 0.3) is 0 Å². The summed E-state index contributed by atoms with van der Waals surface area (Å²) in [4.78, 5) is 15.8. The maximum Gasteiger partial charge on any atom is 0.249 e. The molecule has 1 aromatic heterocycles. The summed E-state index contributed by atoms with van der Waals surface area (Å²) in [6, 6.07) is 3.75. The van der Waals surface area contributed by atoms with Crippen LogP contribution in [0, 0.1) is 5.92 Å². The Kier molecular flexibility index (Phi) is 5.78. The Labute approximate surface area is 109 Å². The molecule has 0 aliphatic carbocycles. The number of rotatable bonds is 6. The van der Waals surface area contributed by atoms with Gasteiger partial charge in [0, 0.05) is 19.0 Å². The van der Waals surface area contributed by atoms with Crippen molar-refractivity contribution >= 4 is 5.91 Å². The van der Waals surface area contributed by atoms with Gasteiger partial charge in [-0.1, -0.05) is 13.8 Å². The summed E-state index contributed by atoms with van der Waals surface area (Å²) in [5.74, 6) is 0.345. The second-order valence-electron chi connectivity index (χ2n) is 4.88. The van der Waals surface area contributed by atoms with E-state index in [1.165, 1.54) is 0 Å². The van der Waals surface area contributed by atoms with E-state index < -0.39 is 6.10 Å². The number of ether oxygens (including phenoxy) is 1. The second-order valence-corrected chi connectivity index (χ2v) is 4.88. The summed E-state index contributed by atoms with van der Waals surface area (Å²) in [7, 11) is 0. The first-order chi connectivity index (χ1) is 8.50. The lowest BCUT2D eigenvalue weighted by atomic mass is 10.1. The lowest BCUT2D eigenvalue weighted by Crippen LogP contribution is -2.36. The molecule has 1 heterocycles. The van der Waals surface area contributed by atoms with Crippen LogP contribution in [-0.2, 0) is 9.53 Å². The van der Waals surface area contributed by atoms with Crippen LogP contribution in [0.3, 0.4) is 0 Å². The molecule has 100 valence electrons. The third-order valence-corrected chi connectivity index (χ3v) is 2.61. The van der Waals surface area contributed by atoms with E-state index >= 15 is 0 Å². The van der Waals surface area contributed by atoms with Gasteiger partial charge in [-0.25, -0.2) is 0 Å². The average Bonchev–Trinajstić information content (AvgIpc) is 2.36. The first-order valence-electron chi connectivity index (χ1n) is 6.32. The van der Waals surface area contributed by atoms with Gasteiger partial charge in [-0.15, -0.1) is 0 Å². The molecule has 0 unspecified atom stereocenters. The van der Waals surface area contributed by atoms with Crippen molar-refractivity contribution in [2.45, 2.75) is 39.8 Å². The van der Waals surface area contributed by atoms with Crippen LogP contribution in [0.15, 0.2) is 24.5 Å². The van der Waals surface area contributed by atoms with Crippen LogP contribution in [0.2, 0.25) is 0 Å². The Balaban J connectivity index is 2.44. The Morgan fingerprint density at radius 2 is 1.89 bits per heavy atom. The van der Waals surface area contributed by atoms with Gasteiger partial charge in [-0.3, -0.25) is 9.78 Å². The van der Waals surface area contributed by atoms with Gasteiger partial charge < -0.3 is 10.1 Å². The van der Waals surface area contributed by atoms with Crippen molar-refractivity contribution in [3.8, 4) is 0 Å². The smallest absolute Gasteiger partial charge is 0.249 e. The molecular formula is C14H22N2O2. The van der Waals surface area contributed by atoms with E-state index in [2.05, 4.69) is 24.1 Å². The van der Waals surface area contributed by atoms with Crippen molar-refractivity contribution < 1.29 is 9.53 Å². The summed E-state index contributed by atoms with van der Waals surface area (Å²) >= 11 is 0. The molecule has 1 amide bonds. The highest BCUT2D eigenvalue weighted by Crippen LogP contribution is 2.10. The minimum Gasteiger partial charge on any atom is -0.368 e. The van der Waals surface area contributed by atoms with Crippen molar-refractivity contribution in [1.82, 2.24) is 10.3 Å². The van der Waals surface area contributed by atoms with E-state index in [0.717, 1.165) is 5.56 Å². The highest BCUT2D eigenvalue weighted by Gasteiger charge is 2.16. The Bertz CT molecular complexity index is 365. The van der Waals surface area contributed by atoms with Crippen molar-refractivity contribution in [2.75, 3.05) is 6.61 Å². The number of nitrogens with zero attached hydrogens (tertiary/aromatic N) is 1. The monoisotopic (exact) mass is 250 g/mol. The van der Waals surface area contributed by atoms with Crippen molar-refractivity contribution in [1.29, 1.82) is 0 Å². The lowest BCUT2D eigenvalue weighted by Gasteiger charge is -2.19. The first kappa shape index (κ1) is 14.6. The first-order valence-corrected chi connectivity index (χ1v) is 6.32. The van der Waals surface area contributed by atoms with Crippen molar-refractivity contribution in [2.24, 2.45) is 5.92 Å². The van der Waals surface area contributed by atoms with Gasteiger partial charge >= 0.3 is 0 Å². The van der Waals surface area contributed by atoms with Gasteiger partial charge in [0.05, 0.1) is 6.04 Å². The number of pyridine rings is 1. The zero-order valence-electron chi connectivity index (χ0n) is 11.5. The third kappa shape index (κ3) is 4.84. The number of aromatic nitrogens is 1. The zero-order chi connectivity index (χ0) is 13.5. The topological polar surface area (TPSA) is 51.2 Å². The van der Waals surface area contributed by atoms with E-state index in [4.69, 9.17) is 4.74 Å². The molecule has 0 spiro atoms. The van der Waals surface area contributed by atoms with E-state index in [9.17, 15) is 4.79 Å². The van der Waals surface area contributed by atoms with Gasteiger partial charge in [-0.2, -0.15) is 0 Å². The molecule has 4 heteroatoms. The molecule has 0 aliphatic rings. The Morgan fingerprint density at radius 1 is 1.28 bits per heavy atom. The number of carbonyl (C=O) groups is 1. The molecule has 1 rings (SSSR count). The zero-order valence-corrected chi connectivity index (χ0v) is 11.5. The van der Waals surface area contributed by atoms with Gasteiger partial charge in [-0.05, 0) is 37.5 Å². The SMILES string of the molecule is CC(C)CO[C@H](C)C(=O)N[C@@H](C)c1ccncc1. The fourth-order valence-electron chi connectivity index (χ4n) is 1.48. The fourth-order valence-corrected chi connectivity index (χ4v) is 1.48. The van der Waals surface area contributed by atoms with Crippen LogP contribution < -0.4 is 5.32 Å². The standard InChI is InChI=1S/C14H22N2O2/c1-10(2)9-18-12(4)14(17)16-11(3)13-5-7-15-8-6-13/h5-8,10-12H,9H2,1-4H3,(H,16,17)/t11-,12+/m0/s1. The number of nitrogens with one attached hydrogen (secondary N) is 1. The summed E-state index contributed by atoms with van der Waals surface area (Å²) in [6.07, 6.45) is 3.02. The summed E-state index contributed by atoms with van der Waals surface area (Å²) < 4.78 is 5.48. The van der Waals surface area contributed by atoms with Crippen LogP contribution in [0.5, 0.6) is 0 Å². The molecule has 0 saturated heterocycles. The molecule has 1 aromatic rings. The summed E-state index contributed by atoms with van der Waals surface area (Å²) in [6.45, 7) is 8.44. The van der Waals surface area contributed by atoms with E-state index in [-0.39, 0.29) is 11.9 Å². The van der Waals surface area contributed by atoms with Crippen LogP contribution in [0.4, 0.5) is 0 Å². The second kappa shape index (κ2) is 7.11. The van der Waals surface area contributed by atoms with Crippen LogP contribution >= 0.6 is 0 Å². The highest BCUT2D eigenvalue weighted by molar-refractivity contribution is 5.80. The molecule has 1 N–H and O–H groups in total. The van der Waals surface area contributed by atoms with Crippen molar-refractivity contribution in [3.63, 3.8) is 0 Å². The number of carbonyl (C=O) groups excluding carboxylic acids is 1. The molecule has 0 fully saturated rings. The van der Waals surface area contributed by atoms with Gasteiger partial charge in [0.25, 0.3) is 0 Å². The summed E-state index contributed by atoms with van der Waals surface area (Å²) in [5.41, 5.74) is 1.04. The Hall–Kier alpha value is -1.42. The molecule has 0 radical (unpaired) electrons. The number of amides is 1. The predicted molar refractivity (Wildman–Crippen MR) is 71.0 cm³/mol. The molecule has 0 aliphatic heterocycles. The molecular weight excluding hydrogens is 228 g/mol. The quantitative estimate of drug-likeness (QED) is 0.843. The van der Waals surface area contributed by atoms with Crippen LogP contribution in [0.1, 0.15) is 39.3 Å². The molecule has 0 bridgehead atoms. The molecule has 0 aromatic carbocycles. The maximum absolute atomic E-state index is 11.9. The van der Waals surface area contributed by atoms with E-state index in [0.29, 0.717) is 12.5 Å². The number of hydrogen-bond acceptors (Lipinski definition) is 3. The summed E-state index contributed by atoms with van der Waals surface area (Å²) in [5, 5.41) is 2.93. The average molecular weight is 250 g/mol. The third-order valence-electron chi connectivity index (χ3n) is 2.61. The largest absolute Gasteiger partial charge is 0.368 e. The normalized spacial score (nSPS) is 14.3. The highest BCUT2D eigenvalue weighted by atomic mass is 16.5. The van der Waals surface area contributed by atoms with E-state index in [1.54, 1.807) is 19.3 Å². The molecule has 0 saturated carbocycles. The minimum atomic E-state index is -0.420. The van der Waals surface area contributed by atoms with Gasteiger partial charge in [0.1, 0.15) is 6.10 Å². The number of hydrogen-bond donors (Lipinski definition) is 1. The van der Waals surface area contributed by atoms with E-state index in [1.807, 2.05) is 19.1 Å². The van der Waals surface area contributed by atoms with Gasteiger partial charge in [0.2, 0.25) is 5.91 Å². The van der Waals surface area contributed by atoms with Crippen molar-refractivity contribution in [3.05, 3.63) is 30.1 Å². The predicted octanol–water partition coefficient (Wildman–Crippen LogP) is 2.32. The molecule has 4 nitrogen and oxygen atoms in total. The lowest BCUT2D eigenvalue weighted by molar-refractivity contribution is -0.133. The van der Waals surface area contributed by atoms with Crippen LogP contribution in [-0.4, -0.2) is 23.6 Å².